The number of rotatable bonds is 12. The van der Waals surface area contributed by atoms with Gasteiger partial charge in [-0.25, -0.2) is 19.6 Å². The number of carbonyl (C=O) groups is 5. The Morgan fingerprint density at radius 1 is 0.836 bits per heavy atom. The van der Waals surface area contributed by atoms with Crippen LogP contribution in [0.2, 0.25) is 0 Å². The van der Waals surface area contributed by atoms with Crippen molar-refractivity contribution in [2.75, 3.05) is 27.2 Å². The molecule has 2 aliphatic rings. The summed E-state index contributed by atoms with van der Waals surface area (Å²) in [6, 6.07) is 13.6. The molecule has 0 saturated carbocycles. The van der Waals surface area contributed by atoms with Crippen LogP contribution in [-0.4, -0.2) is 109 Å². The number of primary amides is 1. The Kier molecular flexibility index (Phi) is 11.5. The monoisotopic (exact) mass is 753 g/mol. The van der Waals surface area contributed by atoms with Gasteiger partial charge in [0, 0.05) is 20.1 Å². The first kappa shape index (κ1) is 38.5. The molecule has 0 aliphatic carbocycles. The van der Waals surface area contributed by atoms with E-state index in [9.17, 15) is 29.1 Å². The molecule has 5 amide bonds. The zero-order valence-electron chi connectivity index (χ0n) is 31.3. The molecule has 0 bridgehead atoms. The Hall–Kier alpha value is -6.19. The minimum absolute atomic E-state index is 0.118. The summed E-state index contributed by atoms with van der Waals surface area (Å²) >= 11 is 0. The number of likely N-dealkylation sites (N-methyl/N-ethyl adjacent to an activating group) is 1. The second-order valence-electron chi connectivity index (χ2n) is 14.3. The molecular weight excluding hydrogens is 706 g/mol. The maximum atomic E-state index is 13.5. The minimum Gasteiger partial charge on any atom is -0.465 e. The van der Waals surface area contributed by atoms with E-state index in [0.29, 0.717) is 37.6 Å². The molecule has 2 aromatic carbocycles. The predicted molar refractivity (Wildman–Crippen MR) is 202 cm³/mol. The number of nitrogens with two attached hydrogens (primary N) is 1. The van der Waals surface area contributed by atoms with Crippen molar-refractivity contribution in [2.24, 2.45) is 11.7 Å². The lowest BCUT2D eigenvalue weighted by Crippen LogP contribution is -2.51. The topological polar surface area (TPSA) is 220 Å². The van der Waals surface area contributed by atoms with Gasteiger partial charge in [0.15, 0.2) is 0 Å². The van der Waals surface area contributed by atoms with Crippen LogP contribution >= 0.6 is 0 Å². The van der Waals surface area contributed by atoms with Crippen molar-refractivity contribution < 1.29 is 33.8 Å². The van der Waals surface area contributed by atoms with Crippen molar-refractivity contribution >= 4 is 29.9 Å². The normalized spacial score (nSPS) is 17.9. The van der Waals surface area contributed by atoms with E-state index in [-0.39, 0.29) is 17.9 Å². The molecule has 2 aromatic heterocycles. The molecule has 16 nitrogen and oxygen atoms in total. The van der Waals surface area contributed by atoms with Crippen molar-refractivity contribution in [3.8, 4) is 33.6 Å². The van der Waals surface area contributed by atoms with Crippen molar-refractivity contribution in [2.45, 2.75) is 70.1 Å². The lowest BCUT2D eigenvalue weighted by atomic mass is 10.0. The van der Waals surface area contributed by atoms with Gasteiger partial charge in [0.1, 0.15) is 23.7 Å². The van der Waals surface area contributed by atoms with Crippen molar-refractivity contribution in [3.05, 3.63) is 72.6 Å². The Balaban J connectivity index is 1.11. The van der Waals surface area contributed by atoms with Crippen LogP contribution in [0.5, 0.6) is 0 Å². The van der Waals surface area contributed by atoms with Crippen LogP contribution < -0.4 is 11.1 Å². The molecule has 4 heterocycles. The van der Waals surface area contributed by atoms with Crippen LogP contribution in [0.3, 0.4) is 0 Å². The molecule has 6 N–H and O–H groups in total. The molecule has 2 fully saturated rings. The summed E-state index contributed by atoms with van der Waals surface area (Å²) < 4.78 is 4.74. The molecule has 2 saturated heterocycles. The lowest BCUT2D eigenvalue weighted by Gasteiger charge is -2.31. The maximum absolute atomic E-state index is 13.5. The van der Waals surface area contributed by atoms with E-state index in [1.165, 1.54) is 14.2 Å². The van der Waals surface area contributed by atoms with E-state index in [2.05, 4.69) is 25.3 Å². The van der Waals surface area contributed by atoms with E-state index in [4.69, 9.17) is 10.5 Å². The molecule has 6 rings (SSSR count). The average Bonchev–Trinajstić information content (AvgIpc) is 4.02. The lowest BCUT2D eigenvalue weighted by molar-refractivity contribution is -0.139. The van der Waals surface area contributed by atoms with Gasteiger partial charge < -0.3 is 40.7 Å². The zero-order valence-corrected chi connectivity index (χ0v) is 31.3. The second kappa shape index (κ2) is 16.4. The molecule has 290 valence electrons. The number of nitrogens with one attached hydrogen (secondary N) is 3. The summed E-state index contributed by atoms with van der Waals surface area (Å²) in [5, 5.41) is 12.2. The van der Waals surface area contributed by atoms with Crippen LogP contribution in [0.15, 0.2) is 60.9 Å². The SMILES string of the molecule is COC(=O)N[C@H](C(=O)N1CCC[C@H]1c1ncc(-c2ccc(-c3ccc(-c4cnc([C@@H]5CCCN5C(=O)[C@H](CC(N)=O)N(C)C(=O)O)[nH]4)cc3)cc2)[nH]1)C(C)C. The standard InChI is InChI=1S/C39H47N9O7/c1-22(2)33(45-38(52)55-4)37(51)48-18-6-8-30(48)35-42-21-28(44-35)26-15-11-24(12-16-26)23-9-13-25(14-10-23)27-20-41-34(43-27)29-7-5-17-47(29)36(50)31(19-32(40)49)46(3)39(53)54/h9-16,20-22,29-31,33H,5-8,17-19H2,1-4H3,(H2,40,49)(H,41,43)(H,42,44)(H,45,52)(H,53,54)/t29-,30-,31-,33-/m0/s1. The number of aromatic nitrogens is 4. The summed E-state index contributed by atoms with van der Waals surface area (Å²) in [6.45, 7) is 4.76. The summed E-state index contributed by atoms with van der Waals surface area (Å²) in [7, 11) is 2.53. The minimum atomic E-state index is -1.32. The Labute approximate surface area is 318 Å². The molecule has 55 heavy (non-hydrogen) atoms. The quantitative estimate of drug-likeness (QED) is 0.135. The van der Waals surface area contributed by atoms with Crippen molar-refractivity contribution in [3.63, 3.8) is 0 Å². The van der Waals surface area contributed by atoms with E-state index < -0.39 is 48.5 Å². The number of ether oxygens (including phenoxy) is 1. The Morgan fingerprint density at radius 2 is 1.29 bits per heavy atom. The number of methoxy groups -OCH3 is 1. The maximum Gasteiger partial charge on any atom is 0.407 e. The average molecular weight is 754 g/mol. The summed E-state index contributed by atoms with van der Waals surface area (Å²) in [4.78, 5) is 82.4. The third-order valence-electron chi connectivity index (χ3n) is 10.5. The fraction of sp³-hybridized carbons (Fsp3) is 0.410. The number of hydrogen-bond acceptors (Lipinski definition) is 8. The van der Waals surface area contributed by atoms with E-state index in [0.717, 1.165) is 51.4 Å². The molecular formula is C39H47N9O7. The van der Waals surface area contributed by atoms with E-state index >= 15 is 0 Å². The fourth-order valence-corrected chi connectivity index (χ4v) is 7.40. The van der Waals surface area contributed by atoms with E-state index in [1.807, 2.05) is 62.4 Å². The van der Waals surface area contributed by atoms with Gasteiger partial charge in [-0.2, -0.15) is 0 Å². The molecule has 0 radical (unpaired) electrons. The fourth-order valence-electron chi connectivity index (χ4n) is 7.40. The molecule has 2 aliphatic heterocycles. The van der Waals surface area contributed by atoms with Gasteiger partial charge in [0.05, 0.1) is 49.4 Å². The van der Waals surface area contributed by atoms with Crippen LogP contribution in [0.1, 0.15) is 69.7 Å². The van der Waals surface area contributed by atoms with Crippen molar-refractivity contribution in [1.29, 1.82) is 0 Å². The third-order valence-corrected chi connectivity index (χ3v) is 10.5. The molecule has 0 unspecified atom stereocenters. The van der Waals surface area contributed by atoms with Gasteiger partial charge in [-0.3, -0.25) is 19.3 Å². The van der Waals surface area contributed by atoms with Crippen LogP contribution in [0, 0.1) is 5.92 Å². The third kappa shape index (κ3) is 8.32. The van der Waals surface area contributed by atoms with E-state index in [1.54, 1.807) is 22.2 Å². The van der Waals surface area contributed by atoms with Crippen LogP contribution in [0.4, 0.5) is 9.59 Å². The van der Waals surface area contributed by atoms with Crippen molar-refractivity contribution in [1.82, 2.24) is 40.0 Å². The second-order valence-corrected chi connectivity index (χ2v) is 14.3. The number of carbonyl (C=O) groups excluding carboxylic acids is 4. The highest BCUT2D eigenvalue weighted by Crippen LogP contribution is 2.35. The van der Waals surface area contributed by atoms with Gasteiger partial charge in [0.2, 0.25) is 17.7 Å². The summed E-state index contributed by atoms with van der Waals surface area (Å²) in [5.74, 6) is -0.229. The molecule has 4 aromatic rings. The van der Waals surface area contributed by atoms with Gasteiger partial charge in [-0.05, 0) is 53.9 Å². The Morgan fingerprint density at radius 3 is 1.71 bits per heavy atom. The first-order chi connectivity index (χ1) is 26.4. The number of benzene rings is 2. The highest BCUT2D eigenvalue weighted by molar-refractivity contribution is 5.90. The number of alkyl carbamates (subject to hydrolysis) is 1. The number of likely N-dealkylation sites (tertiary alicyclic amines) is 2. The predicted octanol–water partition coefficient (Wildman–Crippen LogP) is 4.70. The van der Waals surface area contributed by atoms with Crippen LogP contribution in [0.25, 0.3) is 33.6 Å². The number of imidazole rings is 2. The number of amides is 5. The number of carboxylic acid groups (broad SMARTS) is 1. The summed E-state index contributed by atoms with van der Waals surface area (Å²) in [5.41, 5.74) is 10.8. The first-order valence-corrected chi connectivity index (χ1v) is 18.4. The largest absolute Gasteiger partial charge is 0.465 e. The summed E-state index contributed by atoms with van der Waals surface area (Å²) in [6.07, 6.45) is 4.07. The number of hydrogen-bond donors (Lipinski definition) is 5. The number of nitrogens with zero attached hydrogens (tertiary/aromatic N) is 5. The highest BCUT2D eigenvalue weighted by atomic mass is 16.5. The van der Waals surface area contributed by atoms with Gasteiger partial charge in [-0.15, -0.1) is 0 Å². The van der Waals surface area contributed by atoms with Gasteiger partial charge in [0.25, 0.3) is 0 Å². The number of H-pyrrole nitrogens is 2. The van der Waals surface area contributed by atoms with Gasteiger partial charge in [-0.1, -0.05) is 62.4 Å². The van der Waals surface area contributed by atoms with Gasteiger partial charge >= 0.3 is 12.2 Å². The molecule has 16 heteroatoms. The first-order valence-electron chi connectivity index (χ1n) is 18.4. The Bertz CT molecular complexity index is 2020. The smallest absolute Gasteiger partial charge is 0.407 e. The highest BCUT2D eigenvalue weighted by Gasteiger charge is 2.40. The number of aromatic amines is 2. The van der Waals surface area contributed by atoms with Crippen LogP contribution in [-0.2, 0) is 19.1 Å². The molecule has 0 spiro atoms. The molecule has 4 atom stereocenters. The zero-order chi connectivity index (χ0) is 39.4.